The summed E-state index contributed by atoms with van der Waals surface area (Å²) in [6, 6.07) is 0. The van der Waals surface area contributed by atoms with E-state index in [2.05, 4.69) is 11.9 Å². The molecule has 0 spiro atoms. The van der Waals surface area contributed by atoms with Crippen LogP contribution in [0.15, 0.2) is 12.3 Å². The Kier molecular flexibility index (Phi) is 4.06. The van der Waals surface area contributed by atoms with Gasteiger partial charge in [-0.15, -0.1) is 0 Å². The van der Waals surface area contributed by atoms with E-state index in [1.807, 2.05) is 6.92 Å². The van der Waals surface area contributed by atoms with Crippen LogP contribution in [0.4, 0.5) is 0 Å². The molecule has 0 radical (unpaired) electrons. The normalized spacial score (nSPS) is 18.5. The SMILES string of the molecule is C=C(NC(C)=O)C(=O)C(C)C1CCCC1. The lowest BCUT2D eigenvalue weighted by molar-refractivity contribution is -0.124. The lowest BCUT2D eigenvalue weighted by Gasteiger charge is -2.18. The van der Waals surface area contributed by atoms with E-state index in [0.717, 1.165) is 12.8 Å². The Labute approximate surface area is 90.9 Å². The van der Waals surface area contributed by atoms with Gasteiger partial charge in [-0.25, -0.2) is 0 Å². The molecular weight excluding hydrogens is 190 g/mol. The van der Waals surface area contributed by atoms with Crippen molar-refractivity contribution in [3.8, 4) is 0 Å². The van der Waals surface area contributed by atoms with E-state index in [1.54, 1.807) is 0 Å². The first-order valence-electron chi connectivity index (χ1n) is 5.53. The van der Waals surface area contributed by atoms with Crippen LogP contribution < -0.4 is 5.32 Å². The molecule has 15 heavy (non-hydrogen) atoms. The van der Waals surface area contributed by atoms with Gasteiger partial charge in [0.1, 0.15) is 0 Å². The van der Waals surface area contributed by atoms with Gasteiger partial charge in [0.05, 0.1) is 5.70 Å². The molecule has 1 N–H and O–H groups in total. The number of nitrogens with one attached hydrogen (secondary N) is 1. The maximum Gasteiger partial charge on any atom is 0.221 e. The Bertz CT molecular complexity index is 277. The molecule has 1 unspecified atom stereocenters. The van der Waals surface area contributed by atoms with Crippen molar-refractivity contribution in [2.75, 3.05) is 0 Å². The van der Waals surface area contributed by atoms with Crippen LogP contribution in [0.2, 0.25) is 0 Å². The van der Waals surface area contributed by atoms with E-state index in [4.69, 9.17) is 0 Å². The van der Waals surface area contributed by atoms with Gasteiger partial charge in [0, 0.05) is 12.8 Å². The molecule has 84 valence electrons. The van der Waals surface area contributed by atoms with Gasteiger partial charge in [-0.2, -0.15) is 0 Å². The van der Waals surface area contributed by atoms with Gasteiger partial charge in [0.2, 0.25) is 5.91 Å². The second-order valence-corrected chi connectivity index (χ2v) is 4.36. The third-order valence-corrected chi connectivity index (χ3v) is 3.14. The second-order valence-electron chi connectivity index (χ2n) is 4.36. The lowest BCUT2D eigenvalue weighted by Crippen LogP contribution is -2.30. The quantitative estimate of drug-likeness (QED) is 0.720. The van der Waals surface area contributed by atoms with Gasteiger partial charge in [-0.05, 0) is 18.8 Å². The minimum atomic E-state index is -0.230. The number of allylic oxidation sites excluding steroid dienone is 1. The number of carbonyl (C=O) groups excluding carboxylic acids is 2. The number of carbonyl (C=O) groups is 2. The first kappa shape index (κ1) is 12.0. The number of rotatable bonds is 4. The molecule has 1 rings (SSSR count). The van der Waals surface area contributed by atoms with Crippen LogP contribution >= 0.6 is 0 Å². The standard InChI is InChI=1S/C12H19NO2/c1-8(11-6-4-5-7-11)12(15)9(2)13-10(3)14/h8,11H,2,4-7H2,1,3H3,(H,13,14). The minimum absolute atomic E-state index is 0.00755. The molecule has 0 saturated heterocycles. The van der Waals surface area contributed by atoms with Crippen molar-refractivity contribution in [1.82, 2.24) is 5.32 Å². The lowest BCUT2D eigenvalue weighted by atomic mass is 9.88. The third kappa shape index (κ3) is 3.18. The van der Waals surface area contributed by atoms with E-state index < -0.39 is 0 Å². The molecule has 1 saturated carbocycles. The van der Waals surface area contributed by atoms with E-state index in [1.165, 1.54) is 19.8 Å². The highest BCUT2D eigenvalue weighted by Crippen LogP contribution is 2.32. The average molecular weight is 209 g/mol. The first-order valence-corrected chi connectivity index (χ1v) is 5.53. The number of amides is 1. The Morgan fingerprint density at radius 3 is 2.33 bits per heavy atom. The van der Waals surface area contributed by atoms with Crippen molar-refractivity contribution in [2.24, 2.45) is 11.8 Å². The highest BCUT2D eigenvalue weighted by molar-refractivity contribution is 5.99. The molecule has 0 aromatic rings. The predicted octanol–water partition coefficient (Wildman–Crippen LogP) is 2.03. The van der Waals surface area contributed by atoms with E-state index >= 15 is 0 Å². The van der Waals surface area contributed by atoms with Crippen molar-refractivity contribution in [1.29, 1.82) is 0 Å². The molecule has 1 fully saturated rings. The Hall–Kier alpha value is -1.12. The predicted molar refractivity (Wildman–Crippen MR) is 59.1 cm³/mol. The summed E-state index contributed by atoms with van der Waals surface area (Å²) in [4.78, 5) is 22.6. The zero-order chi connectivity index (χ0) is 11.4. The van der Waals surface area contributed by atoms with Crippen LogP contribution in [0.1, 0.15) is 39.5 Å². The summed E-state index contributed by atoms with van der Waals surface area (Å²) < 4.78 is 0. The highest BCUT2D eigenvalue weighted by atomic mass is 16.2. The van der Waals surface area contributed by atoms with Gasteiger partial charge >= 0.3 is 0 Å². The van der Waals surface area contributed by atoms with E-state index in [0.29, 0.717) is 5.92 Å². The maximum absolute atomic E-state index is 11.9. The summed E-state index contributed by atoms with van der Waals surface area (Å²) in [6.07, 6.45) is 4.68. The molecule has 0 aromatic heterocycles. The summed E-state index contributed by atoms with van der Waals surface area (Å²) in [5.74, 6) is 0.221. The Morgan fingerprint density at radius 2 is 1.87 bits per heavy atom. The zero-order valence-corrected chi connectivity index (χ0v) is 9.51. The fourth-order valence-electron chi connectivity index (χ4n) is 2.22. The fraction of sp³-hybridized carbons (Fsp3) is 0.667. The molecule has 3 heteroatoms. The first-order chi connectivity index (χ1) is 7.02. The molecule has 0 aromatic carbocycles. The van der Waals surface area contributed by atoms with Crippen molar-refractivity contribution >= 4 is 11.7 Å². The van der Waals surface area contributed by atoms with Crippen LogP contribution in [-0.4, -0.2) is 11.7 Å². The van der Waals surface area contributed by atoms with E-state index in [-0.39, 0.29) is 23.3 Å². The zero-order valence-electron chi connectivity index (χ0n) is 9.51. The smallest absolute Gasteiger partial charge is 0.221 e. The summed E-state index contributed by atoms with van der Waals surface area (Å²) in [5.41, 5.74) is 0.238. The Balaban J connectivity index is 2.51. The van der Waals surface area contributed by atoms with Gasteiger partial charge in [-0.3, -0.25) is 9.59 Å². The van der Waals surface area contributed by atoms with Gasteiger partial charge < -0.3 is 5.32 Å². The number of ketones is 1. The monoisotopic (exact) mass is 209 g/mol. The minimum Gasteiger partial charge on any atom is -0.324 e. The largest absolute Gasteiger partial charge is 0.324 e. The molecule has 1 aliphatic rings. The number of Topliss-reactive ketones (excluding diaryl/α,β-unsaturated/α-hetero) is 1. The van der Waals surface area contributed by atoms with Gasteiger partial charge in [0.15, 0.2) is 5.78 Å². The molecule has 1 aliphatic carbocycles. The van der Waals surface area contributed by atoms with Gasteiger partial charge in [0.25, 0.3) is 0 Å². The van der Waals surface area contributed by atoms with Crippen molar-refractivity contribution < 1.29 is 9.59 Å². The average Bonchev–Trinajstić information content (AvgIpc) is 2.67. The topological polar surface area (TPSA) is 46.2 Å². The molecule has 0 bridgehead atoms. The summed E-state index contributed by atoms with van der Waals surface area (Å²) in [6.45, 7) is 6.93. The number of hydrogen-bond acceptors (Lipinski definition) is 2. The Morgan fingerprint density at radius 1 is 1.33 bits per heavy atom. The molecule has 1 atom stereocenters. The van der Waals surface area contributed by atoms with Crippen LogP contribution in [-0.2, 0) is 9.59 Å². The molecule has 0 aliphatic heterocycles. The molecular formula is C12H19NO2. The summed E-state index contributed by atoms with van der Waals surface area (Å²) in [5, 5.41) is 2.46. The van der Waals surface area contributed by atoms with Crippen LogP contribution in [0, 0.1) is 11.8 Å². The second kappa shape index (κ2) is 5.10. The van der Waals surface area contributed by atoms with Crippen molar-refractivity contribution in [3.63, 3.8) is 0 Å². The van der Waals surface area contributed by atoms with E-state index in [9.17, 15) is 9.59 Å². The van der Waals surface area contributed by atoms with Crippen molar-refractivity contribution in [3.05, 3.63) is 12.3 Å². The molecule has 1 amide bonds. The van der Waals surface area contributed by atoms with Crippen LogP contribution in [0.3, 0.4) is 0 Å². The molecule has 3 nitrogen and oxygen atoms in total. The van der Waals surface area contributed by atoms with Crippen LogP contribution in [0.25, 0.3) is 0 Å². The van der Waals surface area contributed by atoms with Crippen LogP contribution in [0.5, 0.6) is 0 Å². The third-order valence-electron chi connectivity index (χ3n) is 3.14. The maximum atomic E-state index is 11.9. The van der Waals surface area contributed by atoms with Crippen molar-refractivity contribution in [2.45, 2.75) is 39.5 Å². The summed E-state index contributed by atoms with van der Waals surface area (Å²) >= 11 is 0. The fourth-order valence-corrected chi connectivity index (χ4v) is 2.22. The molecule has 0 heterocycles. The number of hydrogen-bond donors (Lipinski definition) is 1. The summed E-state index contributed by atoms with van der Waals surface area (Å²) in [7, 11) is 0. The van der Waals surface area contributed by atoms with Gasteiger partial charge in [-0.1, -0.05) is 26.3 Å². The highest BCUT2D eigenvalue weighted by Gasteiger charge is 2.28.